The zero-order chi connectivity index (χ0) is 23.7. The predicted octanol–water partition coefficient (Wildman–Crippen LogP) is 4.13. The molecule has 1 aliphatic heterocycles. The van der Waals surface area contributed by atoms with Crippen molar-refractivity contribution in [2.75, 3.05) is 24.6 Å². The number of rotatable bonds is 6. The molecule has 5 rings (SSSR count). The van der Waals surface area contributed by atoms with E-state index in [4.69, 9.17) is 4.74 Å². The van der Waals surface area contributed by atoms with E-state index in [1.54, 1.807) is 12.1 Å². The summed E-state index contributed by atoms with van der Waals surface area (Å²) in [6.45, 7) is 0.211. The first-order valence-electron chi connectivity index (χ1n) is 11.2. The van der Waals surface area contributed by atoms with E-state index in [1.165, 1.54) is 4.90 Å². The second kappa shape index (κ2) is 9.02. The highest BCUT2D eigenvalue weighted by Gasteiger charge is 2.33. The van der Waals surface area contributed by atoms with Gasteiger partial charge in [-0.2, -0.15) is 0 Å². The van der Waals surface area contributed by atoms with Crippen LogP contribution in [0.25, 0.3) is 11.1 Å². The summed E-state index contributed by atoms with van der Waals surface area (Å²) in [5.41, 5.74) is 6.04. The summed E-state index contributed by atoms with van der Waals surface area (Å²) in [5.74, 6) is -1.55. The van der Waals surface area contributed by atoms with E-state index in [-0.39, 0.29) is 43.9 Å². The number of carboxylic acids is 1. The molecule has 7 nitrogen and oxygen atoms in total. The predicted molar refractivity (Wildman–Crippen MR) is 127 cm³/mol. The molecule has 0 bridgehead atoms. The fourth-order valence-electron chi connectivity index (χ4n) is 5.01. The first-order chi connectivity index (χ1) is 16.5. The Labute approximate surface area is 197 Å². The molecule has 0 aromatic heterocycles. The first-order valence-corrected chi connectivity index (χ1v) is 11.2. The third-order valence-electron chi connectivity index (χ3n) is 6.52. The smallest absolute Gasteiger partial charge is 0.407 e. The molecule has 3 aromatic carbocycles. The van der Waals surface area contributed by atoms with Crippen molar-refractivity contribution in [1.82, 2.24) is 5.32 Å². The molecular formula is C27H24N2O5. The van der Waals surface area contributed by atoms with Gasteiger partial charge in [0.25, 0.3) is 0 Å². The maximum absolute atomic E-state index is 12.8. The minimum atomic E-state index is -0.911. The van der Waals surface area contributed by atoms with E-state index in [1.807, 2.05) is 48.5 Å². The van der Waals surface area contributed by atoms with Crippen molar-refractivity contribution in [2.45, 2.75) is 18.3 Å². The summed E-state index contributed by atoms with van der Waals surface area (Å²) in [7, 11) is 0. The number of benzene rings is 3. The molecule has 7 heteroatoms. The number of anilines is 1. The van der Waals surface area contributed by atoms with E-state index in [0.29, 0.717) is 5.69 Å². The quantitative estimate of drug-likeness (QED) is 0.582. The third kappa shape index (κ3) is 4.01. The number of nitrogens with one attached hydrogen (secondary N) is 1. The molecule has 2 N–H and O–H groups in total. The zero-order valence-electron chi connectivity index (χ0n) is 18.4. The summed E-state index contributed by atoms with van der Waals surface area (Å²) in [6.07, 6.45) is -0.717. The van der Waals surface area contributed by atoms with Crippen molar-refractivity contribution in [3.8, 4) is 11.1 Å². The van der Waals surface area contributed by atoms with Crippen molar-refractivity contribution in [3.05, 3.63) is 89.5 Å². The molecule has 1 heterocycles. The highest BCUT2D eigenvalue weighted by molar-refractivity contribution is 5.98. The van der Waals surface area contributed by atoms with Crippen LogP contribution in [0.3, 0.4) is 0 Å². The molecule has 0 saturated heterocycles. The van der Waals surface area contributed by atoms with Gasteiger partial charge in [-0.3, -0.25) is 9.59 Å². The van der Waals surface area contributed by atoms with Gasteiger partial charge in [-0.1, -0.05) is 66.7 Å². The minimum absolute atomic E-state index is 0.0550. The van der Waals surface area contributed by atoms with E-state index in [2.05, 4.69) is 17.4 Å². The summed E-state index contributed by atoms with van der Waals surface area (Å²) in [6, 6.07) is 23.4. The molecular weight excluding hydrogens is 432 g/mol. The number of aliphatic carboxylic acids is 1. The monoisotopic (exact) mass is 456 g/mol. The third-order valence-corrected chi connectivity index (χ3v) is 6.52. The van der Waals surface area contributed by atoms with Crippen LogP contribution in [0.2, 0.25) is 0 Å². The number of carbonyl (C=O) groups is 3. The fourth-order valence-corrected chi connectivity index (χ4v) is 5.01. The number of nitrogens with zero attached hydrogens (tertiary/aromatic N) is 1. The molecule has 1 aliphatic carbocycles. The lowest BCUT2D eigenvalue weighted by Crippen LogP contribution is -2.40. The van der Waals surface area contributed by atoms with Gasteiger partial charge in [0, 0.05) is 24.1 Å². The topological polar surface area (TPSA) is 95.9 Å². The van der Waals surface area contributed by atoms with Crippen LogP contribution in [-0.4, -0.2) is 42.8 Å². The van der Waals surface area contributed by atoms with Crippen molar-refractivity contribution in [3.63, 3.8) is 0 Å². The van der Waals surface area contributed by atoms with Crippen molar-refractivity contribution in [1.29, 1.82) is 0 Å². The number of carbonyl (C=O) groups excluding carboxylic acids is 2. The van der Waals surface area contributed by atoms with Gasteiger partial charge in [0.1, 0.15) is 13.2 Å². The summed E-state index contributed by atoms with van der Waals surface area (Å²) in [4.78, 5) is 38.0. The SMILES string of the molecule is O=C(O)CC1CN(C(=O)CNC(=O)OCC2c3ccccc3-c3ccccc32)c2ccccc21. The van der Waals surface area contributed by atoms with Crippen LogP contribution >= 0.6 is 0 Å². The molecule has 2 amide bonds. The second-order valence-corrected chi connectivity index (χ2v) is 8.54. The second-order valence-electron chi connectivity index (χ2n) is 8.54. The maximum Gasteiger partial charge on any atom is 0.407 e. The number of amides is 2. The fraction of sp³-hybridized carbons (Fsp3) is 0.222. The normalized spacial score (nSPS) is 15.9. The highest BCUT2D eigenvalue weighted by Crippen LogP contribution is 2.44. The van der Waals surface area contributed by atoms with Gasteiger partial charge in [0.2, 0.25) is 5.91 Å². The Kier molecular flexibility index (Phi) is 5.76. The summed E-state index contributed by atoms with van der Waals surface area (Å²) < 4.78 is 5.50. The Hall–Kier alpha value is -4.13. The molecule has 0 radical (unpaired) electrons. The zero-order valence-corrected chi connectivity index (χ0v) is 18.4. The van der Waals surface area contributed by atoms with Gasteiger partial charge in [-0.25, -0.2) is 4.79 Å². The lowest BCUT2D eigenvalue weighted by molar-refractivity contribution is -0.137. The van der Waals surface area contributed by atoms with Crippen molar-refractivity contribution < 1.29 is 24.2 Å². The van der Waals surface area contributed by atoms with Crippen LogP contribution in [-0.2, 0) is 14.3 Å². The molecule has 0 saturated carbocycles. The molecule has 34 heavy (non-hydrogen) atoms. The average molecular weight is 456 g/mol. The van der Waals surface area contributed by atoms with Crippen LogP contribution in [0.4, 0.5) is 10.5 Å². The molecule has 0 fully saturated rings. The van der Waals surface area contributed by atoms with Crippen LogP contribution in [0.1, 0.15) is 34.9 Å². The summed E-state index contributed by atoms with van der Waals surface area (Å²) >= 11 is 0. The molecule has 1 atom stereocenters. The molecule has 0 spiro atoms. The van der Waals surface area contributed by atoms with Crippen molar-refractivity contribution >= 4 is 23.7 Å². The Morgan fingerprint density at radius 1 is 0.882 bits per heavy atom. The minimum Gasteiger partial charge on any atom is -0.481 e. The highest BCUT2D eigenvalue weighted by atomic mass is 16.5. The maximum atomic E-state index is 12.8. The number of hydrogen-bond donors (Lipinski definition) is 2. The largest absolute Gasteiger partial charge is 0.481 e. The lowest BCUT2D eigenvalue weighted by atomic mass is 9.98. The number of hydrogen-bond acceptors (Lipinski definition) is 4. The molecule has 1 unspecified atom stereocenters. The van der Waals surface area contributed by atoms with Crippen LogP contribution in [0.5, 0.6) is 0 Å². The van der Waals surface area contributed by atoms with Gasteiger partial charge < -0.3 is 20.1 Å². The van der Waals surface area contributed by atoms with Crippen LogP contribution < -0.4 is 10.2 Å². The van der Waals surface area contributed by atoms with Gasteiger partial charge in [-0.05, 0) is 33.9 Å². The van der Waals surface area contributed by atoms with Gasteiger partial charge in [-0.15, -0.1) is 0 Å². The van der Waals surface area contributed by atoms with Gasteiger partial charge in [0.15, 0.2) is 0 Å². The van der Waals surface area contributed by atoms with Gasteiger partial charge >= 0.3 is 12.1 Å². The first kappa shape index (κ1) is 21.7. The molecule has 3 aromatic rings. The number of para-hydroxylation sites is 1. The lowest BCUT2D eigenvalue weighted by Gasteiger charge is -2.18. The number of ether oxygens (including phenoxy) is 1. The number of carboxylic acid groups (broad SMARTS) is 1. The van der Waals surface area contributed by atoms with Gasteiger partial charge in [0.05, 0.1) is 6.42 Å². The average Bonchev–Trinajstić information content (AvgIpc) is 3.37. The Balaban J connectivity index is 1.20. The summed E-state index contributed by atoms with van der Waals surface area (Å²) in [5, 5.41) is 11.7. The molecule has 2 aliphatic rings. The van der Waals surface area contributed by atoms with E-state index in [9.17, 15) is 19.5 Å². The number of alkyl carbamates (subject to hydrolysis) is 1. The van der Waals surface area contributed by atoms with E-state index >= 15 is 0 Å². The number of fused-ring (bicyclic) bond motifs is 4. The Bertz CT molecular complexity index is 1230. The van der Waals surface area contributed by atoms with Crippen molar-refractivity contribution in [2.24, 2.45) is 0 Å². The molecule has 172 valence electrons. The Morgan fingerprint density at radius 2 is 1.47 bits per heavy atom. The van der Waals surface area contributed by atoms with E-state index < -0.39 is 12.1 Å². The standard InChI is InChI=1S/C27H24N2O5/c30-25(29-15-17(13-26(31)32)18-7-5-6-12-24(18)29)14-28-27(33)34-16-23-21-10-3-1-8-19(21)20-9-2-4-11-22(20)23/h1-12,17,23H,13-16H2,(H,28,33)(H,31,32). The Morgan fingerprint density at radius 3 is 2.12 bits per heavy atom. The van der Waals surface area contributed by atoms with Crippen LogP contribution in [0, 0.1) is 0 Å². The van der Waals surface area contributed by atoms with Crippen LogP contribution in [0.15, 0.2) is 72.8 Å². The van der Waals surface area contributed by atoms with E-state index in [0.717, 1.165) is 27.8 Å².